The highest BCUT2D eigenvalue weighted by Crippen LogP contribution is 2.32. The van der Waals surface area contributed by atoms with Gasteiger partial charge in [0.2, 0.25) is 0 Å². The summed E-state index contributed by atoms with van der Waals surface area (Å²) in [6.45, 7) is 4.69. The van der Waals surface area contributed by atoms with E-state index in [1.165, 1.54) is 25.7 Å². The third-order valence-electron chi connectivity index (χ3n) is 3.69. The molecular weight excluding hydrogens is 184 g/mol. The van der Waals surface area contributed by atoms with Gasteiger partial charge in [0.25, 0.3) is 0 Å². The molecule has 0 unspecified atom stereocenters. The van der Waals surface area contributed by atoms with E-state index in [-0.39, 0.29) is 0 Å². The molecule has 2 heteroatoms. The Kier molecular flexibility index (Phi) is 3.34. The van der Waals surface area contributed by atoms with Crippen molar-refractivity contribution in [2.45, 2.75) is 45.6 Å². The monoisotopic (exact) mass is 205 g/mol. The molecule has 0 atom stereocenters. The van der Waals surface area contributed by atoms with Crippen LogP contribution in [0.1, 0.15) is 45.6 Å². The number of nitrogens with zero attached hydrogens (tertiary/aromatic N) is 2. The molecule has 0 amide bonds. The number of aromatic nitrogens is 2. The average molecular weight is 205 g/mol. The highest BCUT2D eigenvalue weighted by atomic mass is 15.3. The van der Waals surface area contributed by atoms with Crippen molar-refractivity contribution in [3.8, 4) is 0 Å². The van der Waals surface area contributed by atoms with E-state index in [1.807, 2.05) is 12.3 Å². The minimum absolute atomic E-state index is 0.640. The van der Waals surface area contributed by atoms with Gasteiger partial charge in [0, 0.05) is 18.9 Å². The molecule has 1 aliphatic carbocycles. The van der Waals surface area contributed by atoms with E-state index in [1.54, 1.807) is 0 Å². The fraction of sp³-hybridized carbons (Fsp3) is 0.692. The second-order valence-corrected chi connectivity index (χ2v) is 4.99. The van der Waals surface area contributed by atoms with Crippen LogP contribution in [0.15, 0.2) is 24.5 Å². The Balaban J connectivity index is 1.94. The molecule has 1 saturated carbocycles. The predicted molar refractivity (Wildman–Crippen MR) is 60.3 cm³/mol. The minimum Gasteiger partial charge on any atom is -0.0887 e. The summed E-state index contributed by atoms with van der Waals surface area (Å²) in [5.41, 5.74) is 0. The molecule has 1 aromatic heterocycles. The zero-order valence-electron chi connectivity index (χ0n) is 9.76. The van der Waals surface area contributed by atoms with Gasteiger partial charge >= 0.3 is 0 Å². The third kappa shape index (κ3) is 2.55. The minimum atomic E-state index is 0.640. The third-order valence-corrected chi connectivity index (χ3v) is 3.69. The Morgan fingerprint density at radius 1 is 1.13 bits per heavy atom. The lowest BCUT2D eigenvalue weighted by atomic mass is 9.80. The van der Waals surface area contributed by atoms with E-state index >= 15 is 0 Å². The first-order valence-electron chi connectivity index (χ1n) is 6.10. The average Bonchev–Trinajstić information content (AvgIpc) is 2.30. The summed E-state index contributed by atoms with van der Waals surface area (Å²) in [5.74, 6) is 1.78. The van der Waals surface area contributed by atoms with Crippen LogP contribution in [0.4, 0.5) is 0 Å². The zero-order valence-corrected chi connectivity index (χ0v) is 9.76. The van der Waals surface area contributed by atoms with E-state index in [0.717, 1.165) is 11.8 Å². The first-order valence-corrected chi connectivity index (χ1v) is 6.10. The molecule has 1 heterocycles. The first-order chi connectivity index (χ1) is 7.27. The number of hydrogen-bond acceptors (Lipinski definition) is 1. The summed E-state index contributed by atoms with van der Waals surface area (Å²) in [5, 5.41) is 4.39. The highest BCUT2D eigenvalue weighted by molar-refractivity contribution is 4.78. The van der Waals surface area contributed by atoms with Crippen molar-refractivity contribution in [2.75, 3.05) is 0 Å². The maximum absolute atomic E-state index is 4.39. The molecule has 1 aromatic rings. The quantitative estimate of drug-likeness (QED) is 0.678. The molecule has 0 aliphatic heterocycles. The van der Waals surface area contributed by atoms with Gasteiger partial charge in [-0.3, -0.25) is 0 Å². The second-order valence-electron chi connectivity index (χ2n) is 4.99. The van der Waals surface area contributed by atoms with Crippen LogP contribution in [0.3, 0.4) is 0 Å². The Hall–Kier alpha value is -0.920. The van der Waals surface area contributed by atoms with Crippen molar-refractivity contribution in [1.82, 2.24) is 5.10 Å². The van der Waals surface area contributed by atoms with Gasteiger partial charge < -0.3 is 0 Å². The fourth-order valence-corrected chi connectivity index (χ4v) is 2.59. The maximum Gasteiger partial charge on any atom is 0.196 e. The molecule has 0 N–H and O–H groups in total. The van der Waals surface area contributed by atoms with Crippen LogP contribution in [0, 0.1) is 11.8 Å². The summed E-state index contributed by atoms with van der Waals surface area (Å²) >= 11 is 0. The Morgan fingerprint density at radius 3 is 2.40 bits per heavy atom. The van der Waals surface area contributed by atoms with Crippen molar-refractivity contribution >= 4 is 0 Å². The Labute approximate surface area is 92.3 Å². The SMILES string of the molecule is CC(C)C1CCC([n+]2ccccn2)CC1. The van der Waals surface area contributed by atoms with Crippen LogP contribution >= 0.6 is 0 Å². The topological polar surface area (TPSA) is 16.8 Å². The van der Waals surface area contributed by atoms with Crippen molar-refractivity contribution < 1.29 is 4.68 Å². The summed E-state index contributed by atoms with van der Waals surface area (Å²) in [7, 11) is 0. The van der Waals surface area contributed by atoms with Gasteiger partial charge in [0.15, 0.2) is 12.2 Å². The van der Waals surface area contributed by atoms with Gasteiger partial charge in [-0.15, -0.1) is 0 Å². The van der Waals surface area contributed by atoms with Gasteiger partial charge in [-0.25, -0.2) is 0 Å². The van der Waals surface area contributed by atoms with Crippen molar-refractivity contribution in [3.05, 3.63) is 24.5 Å². The van der Waals surface area contributed by atoms with Crippen LogP contribution < -0.4 is 4.68 Å². The highest BCUT2D eigenvalue weighted by Gasteiger charge is 2.29. The van der Waals surface area contributed by atoms with Crippen LogP contribution in [0.5, 0.6) is 0 Å². The second kappa shape index (κ2) is 4.73. The number of rotatable bonds is 2. The molecule has 0 radical (unpaired) electrons. The standard InChI is InChI=1S/C13H21N2/c1-11(2)12-5-7-13(8-6-12)15-10-4-3-9-14-15/h3-4,9-13H,5-8H2,1-2H3/q+1. The predicted octanol–water partition coefficient (Wildman–Crippen LogP) is 2.76. The first kappa shape index (κ1) is 10.6. The lowest BCUT2D eigenvalue weighted by Crippen LogP contribution is -2.44. The van der Waals surface area contributed by atoms with E-state index in [4.69, 9.17) is 0 Å². The van der Waals surface area contributed by atoms with E-state index in [2.05, 4.69) is 35.9 Å². The molecule has 1 fully saturated rings. The molecule has 15 heavy (non-hydrogen) atoms. The largest absolute Gasteiger partial charge is 0.196 e. The molecule has 2 rings (SSSR count). The van der Waals surface area contributed by atoms with Gasteiger partial charge in [-0.2, -0.15) is 0 Å². The Bertz CT molecular complexity index is 287. The van der Waals surface area contributed by atoms with Crippen LogP contribution in [0.25, 0.3) is 0 Å². The number of hydrogen-bond donors (Lipinski definition) is 0. The van der Waals surface area contributed by atoms with Crippen LogP contribution in [0.2, 0.25) is 0 Å². The molecule has 2 nitrogen and oxygen atoms in total. The van der Waals surface area contributed by atoms with Gasteiger partial charge in [-0.1, -0.05) is 18.5 Å². The molecule has 0 saturated heterocycles. The molecule has 82 valence electrons. The normalized spacial score (nSPS) is 26.9. The molecule has 0 aromatic carbocycles. The summed E-state index contributed by atoms with van der Waals surface area (Å²) in [6, 6.07) is 4.69. The molecule has 0 spiro atoms. The van der Waals surface area contributed by atoms with Crippen LogP contribution in [-0.2, 0) is 0 Å². The maximum atomic E-state index is 4.39. The summed E-state index contributed by atoms with van der Waals surface area (Å²) < 4.78 is 2.14. The van der Waals surface area contributed by atoms with Crippen molar-refractivity contribution in [2.24, 2.45) is 11.8 Å². The van der Waals surface area contributed by atoms with Crippen molar-refractivity contribution in [1.29, 1.82) is 0 Å². The van der Waals surface area contributed by atoms with Gasteiger partial charge in [-0.05, 0) is 35.8 Å². The van der Waals surface area contributed by atoms with E-state index in [9.17, 15) is 0 Å². The van der Waals surface area contributed by atoms with Crippen molar-refractivity contribution in [3.63, 3.8) is 0 Å². The van der Waals surface area contributed by atoms with Crippen LogP contribution in [-0.4, -0.2) is 5.10 Å². The lowest BCUT2D eigenvalue weighted by Gasteiger charge is -2.27. The molecular formula is C13H21N2+. The van der Waals surface area contributed by atoms with Gasteiger partial charge in [0.1, 0.15) is 0 Å². The lowest BCUT2D eigenvalue weighted by molar-refractivity contribution is -0.780. The molecule has 1 aliphatic rings. The Morgan fingerprint density at radius 2 is 1.87 bits per heavy atom. The summed E-state index contributed by atoms with van der Waals surface area (Å²) in [6.07, 6.45) is 9.31. The fourth-order valence-electron chi connectivity index (χ4n) is 2.59. The van der Waals surface area contributed by atoms with E-state index < -0.39 is 0 Å². The summed E-state index contributed by atoms with van der Waals surface area (Å²) in [4.78, 5) is 0. The van der Waals surface area contributed by atoms with Gasteiger partial charge in [0.05, 0.1) is 6.20 Å². The zero-order chi connectivity index (χ0) is 10.7. The van der Waals surface area contributed by atoms with E-state index in [0.29, 0.717) is 6.04 Å². The smallest absolute Gasteiger partial charge is 0.0887 e. The molecule has 0 bridgehead atoms.